The van der Waals surface area contributed by atoms with Gasteiger partial charge >= 0.3 is 0 Å². The number of hydrogen-bond donors (Lipinski definition) is 0. The Morgan fingerprint density at radius 1 is 1.25 bits per heavy atom. The van der Waals surface area contributed by atoms with Gasteiger partial charge in [-0.05, 0) is 57.0 Å². The minimum Gasteiger partial charge on any atom is -0.466 e. The lowest BCUT2D eigenvalue weighted by atomic mass is 10.1. The number of rotatable bonds is 3. The number of hydrogen-bond acceptors (Lipinski definition) is 3. The van der Waals surface area contributed by atoms with Crippen molar-refractivity contribution in [1.29, 1.82) is 0 Å². The Kier molecular flexibility index (Phi) is 4.28. The van der Waals surface area contributed by atoms with E-state index in [4.69, 9.17) is 4.42 Å². The van der Waals surface area contributed by atoms with E-state index in [1.165, 1.54) is 22.5 Å². The first kappa shape index (κ1) is 16.5. The molecule has 5 heteroatoms. The fourth-order valence-corrected chi connectivity index (χ4v) is 3.82. The standard InChI is InChI=1S/C19H20N2O2S/c1-6-7-21-16-8-11(2)12(3)9-17(16)24-19(21)20-18(22)15-10-13(4)23-14(15)5/h6,8-10H,1,7H2,2-5H3. The summed E-state index contributed by atoms with van der Waals surface area (Å²) in [6.07, 6.45) is 1.82. The third-order valence-corrected chi connectivity index (χ3v) is 5.12. The van der Waals surface area contributed by atoms with Gasteiger partial charge in [0.15, 0.2) is 4.80 Å². The molecule has 0 bridgehead atoms. The van der Waals surface area contributed by atoms with Crippen molar-refractivity contribution in [3.63, 3.8) is 0 Å². The van der Waals surface area contributed by atoms with E-state index in [-0.39, 0.29) is 5.91 Å². The Morgan fingerprint density at radius 3 is 2.58 bits per heavy atom. The van der Waals surface area contributed by atoms with Gasteiger partial charge in [-0.25, -0.2) is 0 Å². The number of nitrogens with zero attached hydrogens (tertiary/aromatic N) is 2. The van der Waals surface area contributed by atoms with Crippen molar-refractivity contribution in [1.82, 2.24) is 4.57 Å². The van der Waals surface area contributed by atoms with Gasteiger partial charge in [0.05, 0.1) is 15.8 Å². The molecule has 0 fully saturated rings. The number of amides is 1. The molecule has 3 rings (SSSR count). The highest BCUT2D eigenvalue weighted by atomic mass is 32.1. The fraction of sp³-hybridized carbons (Fsp3) is 0.263. The van der Waals surface area contributed by atoms with Crippen molar-refractivity contribution in [3.8, 4) is 0 Å². The van der Waals surface area contributed by atoms with Gasteiger partial charge in [-0.1, -0.05) is 17.4 Å². The maximum atomic E-state index is 12.6. The summed E-state index contributed by atoms with van der Waals surface area (Å²) in [5.41, 5.74) is 4.04. The lowest BCUT2D eigenvalue weighted by Crippen LogP contribution is -2.16. The number of benzene rings is 1. The maximum Gasteiger partial charge on any atom is 0.283 e. The van der Waals surface area contributed by atoms with E-state index in [1.54, 1.807) is 13.0 Å². The van der Waals surface area contributed by atoms with E-state index in [2.05, 4.69) is 37.6 Å². The lowest BCUT2D eigenvalue weighted by molar-refractivity contribution is 0.0996. The van der Waals surface area contributed by atoms with E-state index in [0.29, 0.717) is 28.4 Å². The smallest absolute Gasteiger partial charge is 0.283 e. The third-order valence-electron chi connectivity index (χ3n) is 4.08. The van der Waals surface area contributed by atoms with Gasteiger partial charge in [0.25, 0.3) is 5.91 Å². The number of aromatic nitrogens is 1. The molecule has 0 radical (unpaired) electrons. The molecule has 4 nitrogen and oxygen atoms in total. The molecule has 1 aromatic carbocycles. The largest absolute Gasteiger partial charge is 0.466 e. The van der Waals surface area contributed by atoms with E-state index < -0.39 is 0 Å². The second-order valence-corrected chi connectivity index (χ2v) is 6.94. The SMILES string of the molecule is C=CCn1c(=NC(=O)c2cc(C)oc2C)sc2cc(C)c(C)cc21. The summed E-state index contributed by atoms with van der Waals surface area (Å²) in [6.45, 7) is 12.2. The quantitative estimate of drug-likeness (QED) is 0.661. The Bertz CT molecular complexity index is 1020. The predicted molar refractivity (Wildman–Crippen MR) is 97.6 cm³/mol. The molecule has 0 saturated heterocycles. The summed E-state index contributed by atoms with van der Waals surface area (Å²) in [4.78, 5) is 17.6. The number of fused-ring (bicyclic) bond motifs is 1. The topological polar surface area (TPSA) is 47.5 Å². The zero-order valence-corrected chi connectivity index (χ0v) is 15.2. The van der Waals surface area contributed by atoms with Crippen molar-refractivity contribution in [3.05, 3.63) is 63.9 Å². The monoisotopic (exact) mass is 340 g/mol. The highest BCUT2D eigenvalue weighted by Gasteiger charge is 2.14. The number of thiazole rings is 1. The van der Waals surface area contributed by atoms with E-state index >= 15 is 0 Å². The van der Waals surface area contributed by atoms with Crippen LogP contribution in [0, 0.1) is 27.7 Å². The molecule has 124 valence electrons. The van der Waals surface area contributed by atoms with Crippen LogP contribution in [0.25, 0.3) is 10.2 Å². The first-order valence-corrected chi connectivity index (χ1v) is 8.60. The van der Waals surface area contributed by atoms with Crippen molar-refractivity contribution in [2.24, 2.45) is 4.99 Å². The molecule has 1 amide bonds. The van der Waals surface area contributed by atoms with Gasteiger partial charge in [0.1, 0.15) is 11.5 Å². The van der Waals surface area contributed by atoms with Crippen LogP contribution in [0.4, 0.5) is 0 Å². The predicted octanol–water partition coefficient (Wildman–Crippen LogP) is 4.46. The average molecular weight is 340 g/mol. The Morgan fingerprint density at radius 2 is 1.96 bits per heavy atom. The van der Waals surface area contributed by atoms with Gasteiger partial charge in [-0.2, -0.15) is 4.99 Å². The lowest BCUT2D eigenvalue weighted by Gasteiger charge is -2.03. The minimum absolute atomic E-state index is 0.276. The Balaban J connectivity index is 2.20. The molecule has 0 N–H and O–H groups in total. The summed E-state index contributed by atoms with van der Waals surface area (Å²) < 4.78 is 8.59. The summed E-state index contributed by atoms with van der Waals surface area (Å²) in [5.74, 6) is 1.04. The van der Waals surface area contributed by atoms with Crippen LogP contribution in [0.1, 0.15) is 33.0 Å². The highest BCUT2D eigenvalue weighted by Crippen LogP contribution is 2.22. The molecule has 0 spiro atoms. The zero-order chi connectivity index (χ0) is 17.4. The summed E-state index contributed by atoms with van der Waals surface area (Å²) >= 11 is 1.52. The maximum absolute atomic E-state index is 12.6. The molecule has 0 atom stereocenters. The first-order chi connectivity index (χ1) is 11.4. The average Bonchev–Trinajstić information content (AvgIpc) is 3.01. The van der Waals surface area contributed by atoms with Crippen LogP contribution in [-0.4, -0.2) is 10.5 Å². The van der Waals surface area contributed by atoms with Crippen LogP contribution in [0.3, 0.4) is 0 Å². The van der Waals surface area contributed by atoms with Crippen LogP contribution in [0.15, 0.2) is 40.3 Å². The van der Waals surface area contributed by atoms with Crippen molar-refractivity contribution < 1.29 is 9.21 Å². The molecule has 24 heavy (non-hydrogen) atoms. The third kappa shape index (κ3) is 2.87. The van der Waals surface area contributed by atoms with Crippen LogP contribution in [0.5, 0.6) is 0 Å². The van der Waals surface area contributed by atoms with Gasteiger partial charge < -0.3 is 8.98 Å². The van der Waals surface area contributed by atoms with Gasteiger partial charge in [0.2, 0.25) is 0 Å². The van der Waals surface area contributed by atoms with E-state index in [9.17, 15) is 4.79 Å². The molecular weight excluding hydrogens is 320 g/mol. The summed E-state index contributed by atoms with van der Waals surface area (Å²) in [6, 6.07) is 6.02. The number of carbonyl (C=O) groups excluding carboxylic acids is 1. The molecule has 2 aromatic heterocycles. The van der Waals surface area contributed by atoms with E-state index in [1.807, 2.05) is 17.6 Å². The fourth-order valence-electron chi connectivity index (χ4n) is 2.70. The van der Waals surface area contributed by atoms with Crippen LogP contribution in [-0.2, 0) is 6.54 Å². The Labute approximate surface area is 144 Å². The highest BCUT2D eigenvalue weighted by molar-refractivity contribution is 7.16. The normalized spacial score (nSPS) is 12.1. The van der Waals surface area contributed by atoms with Crippen molar-refractivity contribution >= 4 is 27.5 Å². The van der Waals surface area contributed by atoms with Gasteiger partial charge in [-0.3, -0.25) is 4.79 Å². The molecular formula is C19H20N2O2S. The van der Waals surface area contributed by atoms with Crippen LogP contribution in [0.2, 0.25) is 0 Å². The molecule has 0 aliphatic carbocycles. The molecule has 2 heterocycles. The molecule has 0 aliphatic heterocycles. The van der Waals surface area contributed by atoms with Crippen molar-refractivity contribution in [2.45, 2.75) is 34.2 Å². The zero-order valence-electron chi connectivity index (χ0n) is 14.3. The number of aryl methyl sites for hydroxylation is 4. The van der Waals surface area contributed by atoms with Crippen LogP contribution < -0.4 is 4.80 Å². The van der Waals surface area contributed by atoms with Gasteiger partial charge in [0, 0.05) is 6.54 Å². The van der Waals surface area contributed by atoms with Gasteiger partial charge in [-0.15, -0.1) is 6.58 Å². The number of furan rings is 1. The van der Waals surface area contributed by atoms with Crippen LogP contribution >= 0.6 is 11.3 Å². The summed E-state index contributed by atoms with van der Waals surface area (Å²) in [5, 5.41) is 0. The molecule has 0 saturated carbocycles. The second-order valence-electron chi connectivity index (χ2n) is 5.93. The molecule has 3 aromatic rings. The second kappa shape index (κ2) is 6.24. The molecule has 0 unspecified atom stereocenters. The van der Waals surface area contributed by atoms with Crippen molar-refractivity contribution in [2.75, 3.05) is 0 Å². The molecule has 0 aliphatic rings. The Hall–Kier alpha value is -2.40. The number of carbonyl (C=O) groups is 1. The number of allylic oxidation sites excluding steroid dienone is 1. The summed E-state index contributed by atoms with van der Waals surface area (Å²) in [7, 11) is 0. The minimum atomic E-state index is -0.276. The van der Waals surface area contributed by atoms with E-state index in [0.717, 1.165) is 10.2 Å². The first-order valence-electron chi connectivity index (χ1n) is 7.78.